The molecule has 0 bridgehead atoms. The molecule has 0 aliphatic carbocycles. The number of hydrogen-bond donors (Lipinski definition) is 4. The summed E-state index contributed by atoms with van der Waals surface area (Å²) in [5, 5.41) is 5.98. The van der Waals surface area contributed by atoms with E-state index < -0.39 is 29.7 Å². The first-order valence-corrected chi connectivity index (χ1v) is 10.4. The third-order valence-corrected chi connectivity index (χ3v) is 5.20. The topological polar surface area (TPSA) is 106 Å². The number of benzene rings is 2. The first-order valence-electron chi connectivity index (χ1n) is 10.4. The van der Waals surface area contributed by atoms with Crippen LogP contribution in [0, 0.1) is 30.3 Å². The van der Waals surface area contributed by atoms with Gasteiger partial charge in [0.05, 0.1) is 6.17 Å². The highest BCUT2D eigenvalue weighted by Crippen LogP contribution is 2.18. The lowest BCUT2D eigenvalue weighted by Gasteiger charge is -2.25. The molecule has 9 heteroatoms. The molecule has 0 aliphatic heterocycles. The maximum atomic E-state index is 13.8. The van der Waals surface area contributed by atoms with Crippen molar-refractivity contribution in [1.29, 1.82) is 0 Å². The number of halogens is 3. The fourth-order valence-electron chi connectivity index (χ4n) is 2.77. The summed E-state index contributed by atoms with van der Waals surface area (Å²) in [4.78, 5) is 16.5. The maximum Gasteiger partial charge on any atom is 0.280 e. The quantitative estimate of drug-likeness (QED) is 0.294. The van der Waals surface area contributed by atoms with Gasteiger partial charge in [0.15, 0.2) is 11.6 Å². The van der Waals surface area contributed by atoms with Crippen molar-refractivity contribution in [3.63, 3.8) is 0 Å². The third-order valence-electron chi connectivity index (χ3n) is 5.20. The molecular weight excluding hydrogens is 419 g/mol. The zero-order chi connectivity index (χ0) is 24.0. The van der Waals surface area contributed by atoms with Crippen LogP contribution in [0.1, 0.15) is 54.7 Å². The minimum absolute atomic E-state index is 0.0777. The molecule has 0 saturated heterocycles. The summed E-state index contributed by atoms with van der Waals surface area (Å²) in [5.74, 6) is -3.04. The highest BCUT2D eigenvalue weighted by molar-refractivity contribution is 6.02. The van der Waals surface area contributed by atoms with Gasteiger partial charge in [-0.15, -0.1) is 0 Å². The number of amides is 1. The van der Waals surface area contributed by atoms with Gasteiger partial charge in [-0.3, -0.25) is 4.79 Å². The van der Waals surface area contributed by atoms with Crippen LogP contribution >= 0.6 is 0 Å². The maximum absolute atomic E-state index is 13.8. The van der Waals surface area contributed by atoms with Crippen molar-refractivity contribution >= 4 is 11.9 Å². The fourth-order valence-corrected chi connectivity index (χ4v) is 2.77. The number of nitrogens with one attached hydrogen (secondary N) is 2. The summed E-state index contributed by atoms with van der Waals surface area (Å²) < 4.78 is 40.5. The average Bonchev–Trinajstić information content (AvgIpc) is 2.71. The van der Waals surface area contributed by atoms with Crippen LogP contribution in [0.5, 0.6) is 0 Å². The van der Waals surface area contributed by atoms with Crippen LogP contribution in [0.25, 0.3) is 0 Å². The Bertz CT molecular complexity index is 980. The number of rotatable bonds is 7. The highest BCUT2D eigenvalue weighted by atomic mass is 19.2. The standard InChI is InChI=1S/C23H30F3N5O/c1-12(2)14(4)29-23(31-22(32)16-7-8-17(24)19(26)10-16)30-21(28)11-20(27)15-6-5-13(3)18(25)9-15/h5-10,12,14,20-21H,11,27-28H2,1-4H3,(H2,29,30,31,32). The molecule has 174 valence electrons. The predicted molar refractivity (Wildman–Crippen MR) is 119 cm³/mol. The number of hydrogen-bond acceptors (Lipinski definition) is 3. The lowest BCUT2D eigenvalue weighted by Crippen LogP contribution is -2.52. The van der Waals surface area contributed by atoms with E-state index in [4.69, 9.17) is 11.5 Å². The second-order valence-electron chi connectivity index (χ2n) is 8.17. The van der Waals surface area contributed by atoms with Gasteiger partial charge in [-0.2, -0.15) is 4.99 Å². The van der Waals surface area contributed by atoms with Gasteiger partial charge in [0, 0.05) is 17.6 Å². The highest BCUT2D eigenvalue weighted by Gasteiger charge is 2.18. The summed E-state index contributed by atoms with van der Waals surface area (Å²) in [5.41, 5.74) is 13.3. The molecule has 2 aromatic carbocycles. The van der Waals surface area contributed by atoms with Crippen LogP contribution in [0.3, 0.4) is 0 Å². The zero-order valence-electron chi connectivity index (χ0n) is 18.6. The van der Waals surface area contributed by atoms with Gasteiger partial charge in [-0.05, 0) is 61.6 Å². The van der Waals surface area contributed by atoms with Gasteiger partial charge in [0.25, 0.3) is 5.91 Å². The number of guanidine groups is 1. The molecule has 6 nitrogen and oxygen atoms in total. The second kappa shape index (κ2) is 11.1. The Morgan fingerprint density at radius 3 is 2.25 bits per heavy atom. The summed E-state index contributed by atoms with van der Waals surface area (Å²) in [6.45, 7) is 7.52. The first-order chi connectivity index (χ1) is 15.0. The molecule has 0 heterocycles. The van der Waals surface area contributed by atoms with E-state index in [2.05, 4.69) is 15.6 Å². The zero-order valence-corrected chi connectivity index (χ0v) is 18.6. The average molecular weight is 450 g/mol. The number of aliphatic imine (C=N–C) groups is 1. The Balaban J connectivity index is 2.17. The van der Waals surface area contributed by atoms with E-state index in [0.29, 0.717) is 11.1 Å². The Kier molecular flexibility index (Phi) is 8.80. The van der Waals surface area contributed by atoms with Crippen molar-refractivity contribution in [1.82, 2.24) is 10.6 Å². The minimum Gasteiger partial charge on any atom is -0.353 e. The Morgan fingerprint density at radius 1 is 0.969 bits per heavy atom. The van der Waals surface area contributed by atoms with E-state index in [1.165, 1.54) is 6.07 Å². The number of nitrogens with zero attached hydrogens (tertiary/aromatic N) is 1. The van der Waals surface area contributed by atoms with E-state index in [0.717, 1.165) is 18.2 Å². The van der Waals surface area contributed by atoms with Gasteiger partial charge < -0.3 is 22.1 Å². The molecule has 0 fully saturated rings. The molecule has 32 heavy (non-hydrogen) atoms. The van der Waals surface area contributed by atoms with Crippen molar-refractivity contribution < 1.29 is 18.0 Å². The summed E-state index contributed by atoms with van der Waals surface area (Å²) in [6.07, 6.45) is -0.503. The number of carbonyl (C=O) groups is 1. The van der Waals surface area contributed by atoms with Crippen LogP contribution in [-0.2, 0) is 0 Å². The number of carbonyl (C=O) groups excluding carboxylic acids is 1. The van der Waals surface area contributed by atoms with E-state index in [-0.39, 0.29) is 35.7 Å². The van der Waals surface area contributed by atoms with E-state index in [1.54, 1.807) is 19.1 Å². The lowest BCUT2D eigenvalue weighted by atomic mass is 10.0. The molecule has 3 unspecified atom stereocenters. The number of aryl methyl sites for hydroxylation is 1. The van der Waals surface area contributed by atoms with Gasteiger partial charge in [0.2, 0.25) is 5.96 Å². The van der Waals surface area contributed by atoms with Crippen molar-refractivity contribution in [2.24, 2.45) is 22.4 Å². The van der Waals surface area contributed by atoms with Crippen molar-refractivity contribution in [3.8, 4) is 0 Å². The Hall–Kier alpha value is -2.91. The lowest BCUT2D eigenvalue weighted by molar-refractivity contribution is 0.100. The van der Waals surface area contributed by atoms with Gasteiger partial charge in [0.1, 0.15) is 5.82 Å². The molecule has 0 aliphatic rings. The number of nitrogens with two attached hydrogens (primary N) is 2. The molecule has 0 saturated carbocycles. The Morgan fingerprint density at radius 2 is 1.66 bits per heavy atom. The summed E-state index contributed by atoms with van der Waals surface area (Å²) in [6, 6.07) is 6.90. The van der Waals surface area contributed by atoms with E-state index in [9.17, 15) is 18.0 Å². The molecule has 0 radical (unpaired) electrons. The molecule has 6 N–H and O–H groups in total. The van der Waals surface area contributed by atoms with Crippen LogP contribution in [-0.4, -0.2) is 24.1 Å². The van der Waals surface area contributed by atoms with Crippen LogP contribution in [0.15, 0.2) is 41.4 Å². The third kappa shape index (κ3) is 7.06. The van der Waals surface area contributed by atoms with Gasteiger partial charge >= 0.3 is 0 Å². The fraction of sp³-hybridized carbons (Fsp3) is 0.391. The molecule has 3 atom stereocenters. The monoisotopic (exact) mass is 449 g/mol. The van der Waals surface area contributed by atoms with E-state index >= 15 is 0 Å². The van der Waals surface area contributed by atoms with Gasteiger partial charge in [-0.1, -0.05) is 26.0 Å². The van der Waals surface area contributed by atoms with Crippen molar-refractivity contribution in [2.45, 2.75) is 52.4 Å². The smallest absolute Gasteiger partial charge is 0.280 e. The molecule has 2 aromatic rings. The van der Waals surface area contributed by atoms with Crippen LogP contribution < -0.4 is 22.1 Å². The van der Waals surface area contributed by atoms with Crippen molar-refractivity contribution in [2.75, 3.05) is 0 Å². The molecule has 2 rings (SSSR count). The van der Waals surface area contributed by atoms with Crippen LogP contribution in [0.4, 0.5) is 13.2 Å². The van der Waals surface area contributed by atoms with Gasteiger partial charge in [-0.25, -0.2) is 13.2 Å². The molecule has 1 amide bonds. The summed E-state index contributed by atoms with van der Waals surface area (Å²) in [7, 11) is 0. The molecule has 0 spiro atoms. The Labute approximate surface area is 186 Å². The SMILES string of the molecule is Cc1ccc(C(N)CC(N)N/C(=N\C(=O)c2ccc(F)c(F)c2)NC(C)C(C)C)cc1F. The van der Waals surface area contributed by atoms with Crippen molar-refractivity contribution in [3.05, 3.63) is 70.5 Å². The minimum atomic E-state index is -1.14. The predicted octanol–water partition coefficient (Wildman–Crippen LogP) is 3.51. The normalized spacial score (nSPS) is 14.8. The molecular formula is C23H30F3N5O. The van der Waals surface area contributed by atoms with E-state index in [1.807, 2.05) is 20.8 Å². The summed E-state index contributed by atoms with van der Waals surface area (Å²) >= 11 is 0. The van der Waals surface area contributed by atoms with Crippen LogP contribution in [0.2, 0.25) is 0 Å². The largest absolute Gasteiger partial charge is 0.353 e. The molecule has 0 aromatic heterocycles. The first kappa shape index (κ1) is 25.4. The second-order valence-corrected chi connectivity index (χ2v) is 8.17.